The molecule has 9 atom stereocenters. The fourth-order valence-corrected chi connectivity index (χ4v) is 13.9. The van der Waals surface area contributed by atoms with Crippen LogP contribution in [0.1, 0.15) is 138 Å². The van der Waals surface area contributed by atoms with Gasteiger partial charge >= 0.3 is 11.9 Å². The molecule has 1 heterocycles. The molecule has 58 heavy (non-hydrogen) atoms. The van der Waals surface area contributed by atoms with Crippen molar-refractivity contribution in [1.29, 1.82) is 0 Å². The summed E-state index contributed by atoms with van der Waals surface area (Å²) in [6, 6.07) is 6.20. The van der Waals surface area contributed by atoms with Crippen molar-refractivity contribution >= 4 is 17.7 Å². The number of carboxylic acid groups (broad SMARTS) is 1. The normalized spacial score (nSPS) is 34.9. The van der Waals surface area contributed by atoms with Crippen LogP contribution in [0.4, 0.5) is 4.39 Å². The Morgan fingerprint density at radius 1 is 0.966 bits per heavy atom. The van der Waals surface area contributed by atoms with E-state index in [9.17, 15) is 29.0 Å². The van der Waals surface area contributed by atoms with Crippen LogP contribution < -0.4 is 5.32 Å². The first-order chi connectivity index (χ1) is 27.1. The van der Waals surface area contributed by atoms with Gasteiger partial charge in [0, 0.05) is 35.9 Å². The van der Waals surface area contributed by atoms with Crippen LogP contribution in [0.5, 0.6) is 0 Å². The highest BCUT2D eigenvalue weighted by Crippen LogP contribution is 2.77. The summed E-state index contributed by atoms with van der Waals surface area (Å²) in [4.78, 5) is 39.4. The molecule has 4 saturated carbocycles. The molecular formula is C47H67FN4O6. The van der Waals surface area contributed by atoms with Crippen molar-refractivity contribution in [3.05, 3.63) is 47.1 Å². The molecule has 1 aromatic heterocycles. The van der Waals surface area contributed by atoms with Crippen LogP contribution in [0.15, 0.2) is 35.4 Å². The zero-order chi connectivity index (χ0) is 42.4. The molecule has 0 amide bonds. The van der Waals surface area contributed by atoms with Gasteiger partial charge in [0.2, 0.25) is 0 Å². The van der Waals surface area contributed by atoms with Gasteiger partial charge in [0.15, 0.2) is 17.4 Å². The Morgan fingerprint density at radius 2 is 1.66 bits per heavy atom. The third-order valence-corrected chi connectivity index (χ3v) is 17.1. The summed E-state index contributed by atoms with van der Waals surface area (Å²) in [5, 5.41) is 35.0. The number of carboxylic acids is 1. The Labute approximate surface area is 344 Å². The van der Waals surface area contributed by atoms with Crippen LogP contribution >= 0.6 is 0 Å². The molecule has 10 nitrogen and oxygen atoms in total. The molecule has 4 fully saturated rings. The zero-order valence-corrected chi connectivity index (χ0v) is 36.5. The van der Waals surface area contributed by atoms with Gasteiger partial charge in [-0.25, -0.2) is 4.39 Å². The van der Waals surface area contributed by atoms with Crippen molar-refractivity contribution in [3.8, 4) is 11.4 Å². The van der Waals surface area contributed by atoms with Gasteiger partial charge in [-0.05, 0) is 148 Å². The number of likely N-dealkylation sites (N-methyl/N-ethyl adjacent to an activating group) is 1. The Balaban J connectivity index is 1.22. The van der Waals surface area contributed by atoms with E-state index < -0.39 is 28.9 Å². The van der Waals surface area contributed by atoms with Gasteiger partial charge < -0.3 is 24.8 Å². The SMILES string of the molecule is CNCCn1c(-c2ccc(F)cc2)nnc1[C@H](O)[C@@]12CC[C@]3(C)[C@H](CC[C@@H]4[C@@]5(C)CC[C@H](OC(=O)CC(C)(C)C(=O)O)C(C)(C)[C@@H]5CC[C@]43C)C1=C(C(C)C)C(=O)C2. The Hall–Kier alpha value is -3.44. The van der Waals surface area contributed by atoms with Gasteiger partial charge in [0.1, 0.15) is 18.0 Å². The molecule has 0 aliphatic heterocycles. The maximum atomic E-state index is 14.4. The van der Waals surface area contributed by atoms with Crippen molar-refractivity contribution in [2.24, 2.45) is 56.2 Å². The summed E-state index contributed by atoms with van der Waals surface area (Å²) in [6.45, 7) is 20.5. The number of aliphatic hydroxyl groups is 1. The van der Waals surface area contributed by atoms with Crippen LogP contribution in [-0.2, 0) is 25.7 Å². The van der Waals surface area contributed by atoms with Crippen molar-refractivity contribution in [2.75, 3.05) is 13.6 Å². The molecule has 2 aromatic rings. The molecule has 5 aliphatic carbocycles. The lowest BCUT2D eigenvalue weighted by atomic mass is 9.33. The number of allylic oxidation sites excluding steroid dienone is 1. The Bertz CT molecular complexity index is 1990. The van der Waals surface area contributed by atoms with Crippen LogP contribution in [-0.4, -0.2) is 62.4 Å². The van der Waals surface area contributed by atoms with Gasteiger partial charge in [0.05, 0.1) is 11.8 Å². The van der Waals surface area contributed by atoms with E-state index in [1.165, 1.54) is 12.1 Å². The number of fused-ring (bicyclic) bond motifs is 7. The topological polar surface area (TPSA) is 144 Å². The van der Waals surface area contributed by atoms with Gasteiger partial charge in [-0.3, -0.25) is 14.4 Å². The number of ketones is 1. The lowest BCUT2D eigenvalue weighted by Crippen LogP contribution is -2.66. The van der Waals surface area contributed by atoms with Crippen LogP contribution in [0.3, 0.4) is 0 Å². The average molecular weight is 803 g/mol. The number of carbonyl (C=O) groups excluding carboxylic acids is 2. The van der Waals surface area contributed by atoms with E-state index in [-0.39, 0.29) is 64.0 Å². The minimum absolute atomic E-state index is 0.00299. The molecule has 0 radical (unpaired) electrons. The van der Waals surface area contributed by atoms with Crippen molar-refractivity contribution in [1.82, 2.24) is 20.1 Å². The number of hydrogen-bond acceptors (Lipinski definition) is 8. The third-order valence-electron chi connectivity index (χ3n) is 17.1. The number of aromatic nitrogens is 3. The molecular weight excluding hydrogens is 736 g/mol. The highest BCUT2D eigenvalue weighted by Gasteiger charge is 2.71. The number of rotatable bonds is 11. The molecule has 1 aromatic carbocycles. The predicted molar refractivity (Wildman–Crippen MR) is 220 cm³/mol. The number of benzene rings is 1. The molecule has 318 valence electrons. The van der Waals surface area contributed by atoms with Gasteiger partial charge in [-0.1, -0.05) is 48.5 Å². The van der Waals surface area contributed by atoms with Crippen LogP contribution in [0, 0.1) is 62.0 Å². The smallest absolute Gasteiger partial charge is 0.309 e. The number of aliphatic hydroxyl groups excluding tert-OH is 1. The zero-order valence-electron chi connectivity index (χ0n) is 36.5. The average Bonchev–Trinajstić information content (AvgIpc) is 3.70. The van der Waals surface area contributed by atoms with E-state index in [0.29, 0.717) is 48.6 Å². The minimum atomic E-state index is -1.19. The summed E-state index contributed by atoms with van der Waals surface area (Å²) >= 11 is 0. The van der Waals surface area contributed by atoms with Crippen molar-refractivity contribution < 1.29 is 33.7 Å². The largest absolute Gasteiger partial charge is 0.481 e. The molecule has 11 heteroatoms. The molecule has 5 aliphatic rings. The number of Topliss-reactive ketones (excluding diaryl/α,β-unsaturated/α-hetero) is 1. The number of aliphatic carboxylic acids is 1. The quantitative estimate of drug-likeness (QED) is 0.190. The second-order valence-electron chi connectivity index (χ2n) is 21.1. The fraction of sp³-hybridized carbons (Fsp3) is 0.723. The molecule has 0 saturated heterocycles. The van der Waals surface area contributed by atoms with E-state index in [4.69, 9.17) is 4.74 Å². The number of esters is 1. The molecule has 7 rings (SSSR count). The van der Waals surface area contributed by atoms with E-state index in [2.05, 4.69) is 64.0 Å². The van der Waals surface area contributed by atoms with Crippen molar-refractivity contribution in [2.45, 2.75) is 145 Å². The number of nitrogens with zero attached hydrogens (tertiary/aromatic N) is 3. The lowest BCUT2D eigenvalue weighted by Gasteiger charge is -2.72. The number of ether oxygens (including phenoxy) is 1. The van der Waals surface area contributed by atoms with Crippen LogP contribution in [0.25, 0.3) is 11.4 Å². The van der Waals surface area contributed by atoms with E-state index in [1.54, 1.807) is 26.0 Å². The maximum Gasteiger partial charge on any atom is 0.309 e. The summed E-state index contributed by atoms with van der Waals surface area (Å²) < 4.78 is 22.1. The first kappa shape index (κ1) is 42.7. The monoisotopic (exact) mass is 803 g/mol. The fourth-order valence-electron chi connectivity index (χ4n) is 13.9. The number of carbonyl (C=O) groups is 3. The van der Waals surface area contributed by atoms with E-state index in [0.717, 1.165) is 56.1 Å². The first-order valence-corrected chi connectivity index (χ1v) is 21.8. The predicted octanol–water partition coefficient (Wildman–Crippen LogP) is 8.73. The molecule has 0 spiro atoms. The standard InChI is InChI=1S/C47H67FN4O6/c1-27(2)36-31(53)25-47(38(55)40-51-50-39(52(40)24-23-49-10)28-11-13-29(48)14-12-28)22-21-45(8)30(37(36)47)15-16-33-44(7)19-18-34(58-35(54)26-42(3,4)41(56)57)43(5,6)32(44)17-20-46(33,45)9/h11-14,27,30,32-34,38,49,55H,15-26H2,1-10H3,(H,56,57)/t30-,32+,33-,34+,38+,44+,45-,46-,47-/m1/s1. The number of nitrogens with one attached hydrogen (secondary N) is 1. The first-order valence-electron chi connectivity index (χ1n) is 21.8. The number of halogens is 1. The number of hydrogen-bond donors (Lipinski definition) is 3. The van der Waals surface area contributed by atoms with Crippen molar-refractivity contribution in [3.63, 3.8) is 0 Å². The van der Waals surface area contributed by atoms with Gasteiger partial charge in [0.25, 0.3) is 0 Å². The third kappa shape index (κ3) is 6.33. The van der Waals surface area contributed by atoms with E-state index >= 15 is 0 Å². The Morgan fingerprint density at radius 3 is 2.29 bits per heavy atom. The molecule has 0 unspecified atom stereocenters. The van der Waals surface area contributed by atoms with Gasteiger partial charge in [-0.15, -0.1) is 10.2 Å². The molecule has 3 N–H and O–H groups in total. The highest BCUT2D eigenvalue weighted by molar-refractivity contribution is 6.00. The summed E-state index contributed by atoms with van der Waals surface area (Å²) in [5.41, 5.74) is 0.338. The second kappa shape index (κ2) is 14.6. The van der Waals surface area contributed by atoms with E-state index in [1.807, 2.05) is 11.6 Å². The lowest BCUT2D eigenvalue weighted by molar-refractivity contribution is -0.235. The summed E-state index contributed by atoms with van der Waals surface area (Å²) in [5.74, 6) is 0.234. The summed E-state index contributed by atoms with van der Waals surface area (Å²) in [6.07, 6.45) is 5.95. The van der Waals surface area contributed by atoms with Gasteiger partial charge in [-0.2, -0.15) is 0 Å². The highest BCUT2D eigenvalue weighted by atomic mass is 19.1. The maximum absolute atomic E-state index is 14.4. The Kier molecular flexibility index (Phi) is 10.8. The minimum Gasteiger partial charge on any atom is -0.481 e. The molecule has 0 bridgehead atoms. The second-order valence-corrected chi connectivity index (χ2v) is 21.1. The van der Waals surface area contributed by atoms with Crippen LogP contribution in [0.2, 0.25) is 0 Å². The summed E-state index contributed by atoms with van der Waals surface area (Å²) in [7, 11) is 1.88.